The van der Waals surface area contributed by atoms with Gasteiger partial charge in [-0.25, -0.2) is 0 Å². The summed E-state index contributed by atoms with van der Waals surface area (Å²) in [6.07, 6.45) is 4.09. The summed E-state index contributed by atoms with van der Waals surface area (Å²) < 4.78 is 0. The number of hydrogen-bond donors (Lipinski definition) is 1. The Balaban J connectivity index is 2.58. The van der Waals surface area contributed by atoms with Gasteiger partial charge in [-0.1, -0.05) is 18.6 Å². The number of allylic oxidation sites excluding steroid dienone is 1. The van der Waals surface area contributed by atoms with Crippen molar-refractivity contribution in [1.82, 2.24) is 0 Å². The Labute approximate surface area is 56.4 Å². The van der Waals surface area contributed by atoms with Crippen molar-refractivity contribution in [3.63, 3.8) is 0 Å². The van der Waals surface area contributed by atoms with Gasteiger partial charge in [-0.2, -0.15) is 0 Å². The summed E-state index contributed by atoms with van der Waals surface area (Å²) in [7, 11) is 0. The highest BCUT2D eigenvalue weighted by Crippen LogP contribution is 2.22. The Morgan fingerprint density at radius 1 is 1.67 bits per heavy atom. The summed E-state index contributed by atoms with van der Waals surface area (Å²) in [6, 6.07) is 0. The van der Waals surface area contributed by atoms with Gasteiger partial charge in [0.1, 0.15) is 0 Å². The molecule has 1 aliphatic rings. The van der Waals surface area contributed by atoms with Crippen molar-refractivity contribution in [3.8, 4) is 0 Å². The van der Waals surface area contributed by atoms with Crippen LogP contribution in [0.25, 0.3) is 0 Å². The van der Waals surface area contributed by atoms with Gasteiger partial charge in [-0.15, -0.1) is 0 Å². The fourth-order valence-electron chi connectivity index (χ4n) is 1.17. The highest BCUT2D eigenvalue weighted by atomic mass is 16.3. The zero-order chi connectivity index (χ0) is 6.85. The maximum atomic E-state index is 9.27. The molecule has 0 aromatic heterocycles. The third-order valence-corrected chi connectivity index (χ3v) is 2.03. The zero-order valence-electron chi connectivity index (χ0n) is 6.09. The van der Waals surface area contributed by atoms with E-state index in [1.807, 2.05) is 6.08 Å². The predicted molar refractivity (Wildman–Crippen MR) is 38.2 cm³/mol. The quantitative estimate of drug-likeness (QED) is 0.490. The highest BCUT2D eigenvalue weighted by molar-refractivity contribution is 5.06. The standard InChI is InChI=1S/C8H14O/c1-6-3-4-7(2)8(9)5-6/h5,7-9H,3-4H2,1-2H3/t7-,8?/m0/s1. The van der Waals surface area contributed by atoms with Crippen molar-refractivity contribution >= 4 is 0 Å². The van der Waals surface area contributed by atoms with E-state index in [0.717, 1.165) is 12.8 Å². The molecule has 1 aliphatic carbocycles. The Morgan fingerprint density at radius 2 is 2.33 bits per heavy atom. The van der Waals surface area contributed by atoms with Crippen LogP contribution in [0.15, 0.2) is 11.6 Å². The zero-order valence-corrected chi connectivity index (χ0v) is 6.09. The normalized spacial score (nSPS) is 36.1. The van der Waals surface area contributed by atoms with Gasteiger partial charge in [-0.05, 0) is 25.7 Å². The molecule has 0 fully saturated rings. The first-order chi connectivity index (χ1) is 4.20. The second kappa shape index (κ2) is 2.53. The van der Waals surface area contributed by atoms with Crippen LogP contribution < -0.4 is 0 Å². The van der Waals surface area contributed by atoms with E-state index in [2.05, 4.69) is 13.8 Å². The molecule has 0 radical (unpaired) electrons. The molecule has 0 aromatic rings. The van der Waals surface area contributed by atoms with Crippen LogP contribution in [0.2, 0.25) is 0 Å². The van der Waals surface area contributed by atoms with E-state index in [0.29, 0.717) is 5.92 Å². The molecule has 0 saturated carbocycles. The molecule has 1 rings (SSSR count). The van der Waals surface area contributed by atoms with Crippen LogP contribution >= 0.6 is 0 Å². The summed E-state index contributed by atoms with van der Waals surface area (Å²) >= 11 is 0. The fourth-order valence-corrected chi connectivity index (χ4v) is 1.17. The van der Waals surface area contributed by atoms with E-state index in [1.54, 1.807) is 0 Å². The molecular weight excluding hydrogens is 112 g/mol. The molecule has 0 aliphatic heterocycles. The molecule has 0 amide bonds. The number of aliphatic hydroxyl groups excluding tert-OH is 1. The molecule has 0 aromatic carbocycles. The molecule has 1 heteroatoms. The van der Waals surface area contributed by atoms with Gasteiger partial charge in [-0.3, -0.25) is 0 Å². The summed E-state index contributed by atoms with van der Waals surface area (Å²) in [6.45, 7) is 4.17. The Bertz CT molecular complexity index is 127. The largest absolute Gasteiger partial charge is 0.389 e. The van der Waals surface area contributed by atoms with Gasteiger partial charge in [0.25, 0.3) is 0 Å². The molecule has 0 saturated heterocycles. The van der Waals surface area contributed by atoms with Crippen LogP contribution in [-0.2, 0) is 0 Å². The van der Waals surface area contributed by atoms with Gasteiger partial charge in [0.05, 0.1) is 6.10 Å². The van der Waals surface area contributed by atoms with E-state index >= 15 is 0 Å². The molecule has 2 atom stereocenters. The topological polar surface area (TPSA) is 20.2 Å². The minimum absolute atomic E-state index is 0.182. The molecule has 9 heavy (non-hydrogen) atoms. The summed E-state index contributed by atoms with van der Waals surface area (Å²) in [5.41, 5.74) is 1.33. The van der Waals surface area contributed by atoms with E-state index in [9.17, 15) is 5.11 Å². The minimum Gasteiger partial charge on any atom is -0.389 e. The van der Waals surface area contributed by atoms with Crippen LogP contribution in [0.5, 0.6) is 0 Å². The summed E-state index contributed by atoms with van der Waals surface area (Å²) in [5, 5.41) is 9.27. The van der Waals surface area contributed by atoms with E-state index in [1.165, 1.54) is 5.57 Å². The molecule has 0 bridgehead atoms. The van der Waals surface area contributed by atoms with Crippen molar-refractivity contribution in [2.75, 3.05) is 0 Å². The van der Waals surface area contributed by atoms with Gasteiger partial charge in [0.15, 0.2) is 0 Å². The van der Waals surface area contributed by atoms with E-state index in [-0.39, 0.29) is 6.10 Å². The maximum absolute atomic E-state index is 9.27. The van der Waals surface area contributed by atoms with Crippen molar-refractivity contribution in [3.05, 3.63) is 11.6 Å². The molecule has 1 N–H and O–H groups in total. The molecule has 52 valence electrons. The van der Waals surface area contributed by atoms with E-state index in [4.69, 9.17) is 0 Å². The smallest absolute Gasteiger partial charge is 0.0749 e. The maximum Gasteiger partial charge on any atom is 0.0749 e. The second-order valence-corrected chi connectivity index (χ2v) is 3.02. The highest BCUT2D eigenvalue weighted by Gasteiger charge is 2.15. The van der Waals surface area contributed by atoms with E-state index < -0.39 is 0 Å². The number of hydrogen-bond acceptors (Lipinski definition) is 1. The first-order valence-electron chi connectivity index (χ1n) is 3.55. The first-order valence-corrected chi connectivity index (χ1v) is 3.55. The lowest BCUT2D eigenvalue weighted by Crippen LogP contribution is -2.18. The molecule has 0 heterocycles. The van der Waals surface area contributed by atoms with Crippen LogP contribution in [0.4, 0.5) is 0 Å². The third-order valence-electron chi connectivity index (χ3n) is 2.03. The lowest BCUT2D eigenvalue weighted by Gasteiger charge is -2.21. The number of rotatable bonds is 0. The van der Waals surface area contributed by atoms with Crippen LogP contribution in [0.3, 0.4) is 0 Å². The van der Waals surface area contributed by atoms with Crippen molar-refractivity contribution in [2.45, 2.75) is 32.8 Å². The molecule has 1 nitrogen and oxygen atoms in total. The van der Waals surface area contributed by atoms with Crippen molar-refractivity contribution < 1.29 is 5.11 Å². The Morgan fingerprint density at radius 3 is 2.78 bits per heavy atom. The Hall–Kier alpha value is -0.300. The first kappa shape index (κ1) is 6.81. The molecule has 0 spiro atoms. The second-order valence-electron chi connectivity index (χ2n) is 3.02. The predicted octanol–water partition coefficient (Wildman–Crippen LogP) is 1.72. The summed E-state index contributed by atoms with van der Waals surface area (Å²) in [5.74, 6) is 0.466. The van der Waals surface area contributed by atoms with Gasteiger partial charge in [0.2, 0.25) is 0 Å². The average molecular weight is 126 g/mol. The van der Waals surface area contributed by atoms with Crippen LogP contribution in [-0.4, -0.2) is 11.2 Å². The van der Waals surface area contributed by atoms with Gasteiger partial charge in [0, 0.05) is 0 Å². The minimum atomic E-state index is -0.182. The Kier molecular flexibility index (Phi) is 1.91. The SMILES string of the molecule is CC1=CC(O)[C@@H](C)CC1. The van der Waals surface area contributed by atoms with Crippen LogP contribution in [0.1, 0.15) is 26.7 Å². The van der Waals surface area contributed by atoms with Gasteiger partial charge >= 0.3 is 0 Å². The van der Waals surface area contributed by atoms with Crippen molar-refractivity contribution in [1.29, 1.82) is 0 Å². The number of aliphatic hydroxyl groups is 1. The van der Waals surface area contributed by atoms with Crippen LogP contribution in [0, 0.1) is 5.92 Å². The third kappa shape index (κ3) is 1.55. The van der Waals surface area contributed by atoms with Crippen molar-refractivity contribution in [2.24, 2.45) is 5.92 Å². The fraction of sp³-hybridized carbons (Fsp3) is 0.750. The molecular formula is C8H14O. The monoisotopic (exact) mass is 126 g/mol. The van der Waals surface area contributed by atoms with Gasteiger partial charge < -0.3 is 5.11 Å². The summed E-state index contributed by atoms with van der Waals surface area (Å²) in [4.78, 5) is 0. The molecule has 1 unspecified atom stereocenters. The average Bonchev–Trinajstić information content (AvgIpc) is 1.80. The lowest BCUT2D eigenvalue weighted by molar-refractivity contribution is 0.148. The lowest BCUT2D eigenvalue weighted by atomic mass is 9.89.